The Kier molecular flexibility index (Phi) is 3.15. The SMILES string of the molecule is Cc1ccc(C)c2c(C(=O)C3CCNCC3)c[nH]c12. The van der Waals surface area contributed by atoms with Gasteiger partial charge in [0.2, 0.25) is 0 Å². The number of nitrogens with one attached hydrogen (secondary N) is 2. The third-order valence-electron chi connectivity index (χ3n) is 4.23. The number of ketones is 1. The Labute approximate surface area is 113 Å². The van der Waals surface area contributed by atoms with E-state index >= 15 is 0 Å². The molecule has 0 saturated carbocycles. The van der Waals surface area contributed by atoms with Gasteiger partial charge in [-0.2, -0.15) is 0 Å². The van der Waals surface area contributed by atoms with Gasteiger partial charge in [0, 0.05) is 28.6 Å². The molecule has 1 aromatic heterocycles. The lowest BCUT2D eigenvalue weighted by atomic mass is 9.88. The molecule has 0 unspecified atom stereocenters. The number of fused-ring (bicyclic) bond motifs is 1. The van der Waals surface area contributed by atoms with E-state index in [4.69, 9.17) is 0 Å². The van der Waals surface area contributed by atoms with E-state index < -0.39 is 0 Å². The van der Waals surface area contributed by atoms with Crippen LogP contribution in [0.3, 0.4) is 0 Å². The summed E-state index contributed by atoms with van der Waals surface area (Å²) in [4.78, 5) is 16.0. The van der Waals surface area contributed by atoms with E-state index in [-0.39, 0.29) is 5.92 Å². The predicted molar refractivity (Wildman–Crippen MR) is 77.7 cm³/mol. The third-order valence-corrected chi connectivity index (χ3v) is 4.23. The minimum atomic E-state index is 0.181. The van der Waals surface area contributed by atoms with Crippen LogP contribution in [0.5, 0.6) is 0 Å². The van der Waals surface area contributed by atoms with E-state index in [0.717, 1.165) is 42.4 Å². The third kappa shape index (κ3) is 2.08. The van der Waals surface area contributed by atoms with E-state index in [1.807, 2.05) is 6.20 Å². The fourth-order valence-electron chi connectivity index (χ4n) is 3.06. The summed E-state index contributed by atoms with van der Waals surface area (Å²) in [6, 6.07) is 4.21. The Bertz CT molecular complexity index is 621. The van der Waals surface area contributed by atoms with Crippen molar-refractivity contribution < 1.29 is 4.79 Å². The Morgan fingerprint density at radius 2 is 1.84 bits per heavy atom. The monoisotopic (exact) mass is 256 g/mol. The zero-order valence-electron chi connectivity index (χ0n) is 11.5. The van der Waals surface area contributed by atoms with Gasteiger partial charge in [0.25, 0.3) is 0 Å². The average molecular weight is 256 g/mol. The highest BCUT2D eigenvalue weighted by molar-refractivity contribution is 6.10. The van der Waals surface area contributed by atoms with E-state index in [2.05, 4.69) is 36.3 Å². The largest absolute Gasteiger partial charge is 0.360 e. The van der Waals surface area contributed by atoms with Gasteiger partial charge in [-0.25, -0.2) is 0 Å². The predicted octanol–water partition coefficient (Wildman–Crippen LogP) is 2.97. The summed E-state index contributed by atoms with van der Waals surface area (Å²) in [6.07, 6.45) is 3.81. The van der Waals surface area contributed by atoms with E-state index in [1.165, 1.54) is 11.1 Å². The molecule has 100 valence electrons. The van der Waals surface area contributed by atoms with Crippen molar-refractivity contribution in [3.8, 4) is 0 Å². The van der Waals surface area contributed by atoms with Crippen LogP contribution in [0.1, 0.15) is 34.3 Å². The normalized spacial score (nSPS) is 16.9. The lowest BCUT2D eigenvalue weighted by Gasteiger charge is -2.21. The molecule has 19 heavy (non-hydrogen) atoms. The van der Waals surface area contributed by atoms with Gasteiger partial charge in [-0.1, -0.05) is 12.1 Å². The first-order valence-corrected chi connectivity index (χ1v) is 7.00. The molecule has 2 aromatic rings. The standard InChI is InChI=1S/C16H20N2O/c1-10-3-4-11(2)15-14(10)13(9-18-15)16(19)12-5-7-17-8-6-12/h3-4,9,12,17-18H,5-8H2,1-2H3. The number of hydrogen-bond donors (Lipinski definition) is 2. The number of hydrogen-bond acceptors (Lipinski definition) is 2. The molecule has 3 nitrogen and oxygen atoms in total. The molecule has 2 N–H and O–H groups in total. The maximum Gasteiger partial charge on any atom is 0.168 e. The molecule has 1 aliphatic heterocycles. The number of carbonyl (C=O) groups is 1. The minimum absolute atomic E-state index is 0.181. The van der Waals surface area contributed by atoms with Gasteiger partial charge in [0.15, 0.2) is 5.78 Å². The van der Waals surface area contributed by atoms with Crippen LogP contribution in [-0.2, 0) is 0 Å². The Hall–Kier alpha value is -1.61. The van der Waals surface area contributed by atoms with Crippen LogP contribution in [-0.4, -0.2) is 23.9 Å². The van der Waals surface area contributed by atoms with Gasteiger partial charge in [-0.3, -0.25) is 4.79 Å². The van der Waals surface area contributed by atoms with Crippen molar-refractivity contribution in [2.45, 2.75) is 26.7 Å². The number of piperidine rings is 1. The van der Waals surface area contributed by atoms with Crippen molar-refractivity contribution in [1.29, 1.82) is 0 Å². The highest BCUT2D eigenvalue weighted by Crippen LogP contribution is 2.28. The summed E-state index contributed by atoms with van der Waals surface area (Å²) in [7, 11) is 0. The zero-order chi connectivity index (χ0) is 13.4. The van der Waals surface area contributed by atoms with Gasteiger partial charge < -0.3 is 10.3 Å². The van der Waals surface area contributed by atoms with Crippen LogP contribution in [0.2, 0.25) is 0 Å². The molecule has 0 spiro atoms. The molecule has 1 aromatic carbocycles. The molecular weight excluding hydrogens is 236 g/mol. The molecule has 1 aliphatic rings. The molecule has 3 heteroatoms. The fourth-order valence-corrected chi connectivity index (χ4v) is 3.06. The number of rotatable bonds is 2. The van der Waals surface area contributed by atoms with E-state index in [1.54, 1.807) is 0 Å². The van der Waals surface area contributed by atoms with Gasteiger partial charge in [-0.15, -0.1) is 0 Å². The second-order valence-electron chi connectivity index (χ2n) is 5.54. The zero-order valence-corrected chi connectivity index (χ0v) is 11.5. The van der Waals surface area contributed by atoms with Crippen molar-refractivity contribution in [1.82, 2.24) is 10.3 Å². The average Bonchev–Trinajstić information content (AvgIpc) is 2.89. The van der Waals surface area contributed by atoms with Gasteiger partial charge in [0.1, 0.15) is 0 Å². The van der Waals surface area contributed by atoms with Gasteiger partial charge in [0.05, 0.1) is 0 Å². The molecule has 0 amide bonds. The second kappa shape index (κ2) is 4.82. The minimum Gasteiger partial charge on any atom is -0.360 e. The first-order chi connectivity index (χ1) is 9.18. The molecule has 0 bridgehead atoms. The van der Waals surface area contributed by atoms with Crippen molar-refractivity contribution in [2.24, 2.45) is 5.92 Å². The molecule has 0 radical (unpaired) electrons. The summed E-state index contributed by atoms with van der Waals surface area (Å²) in [5.41, 5.74) is 4.37. The van der Waals surface area contributed by atoms with E-state index in [0.29, 0.717) is 5.78 Å². The number of carbonyl (C=O) groups excluding carboxylic acids is 1. The van der Waals surface area contributed by atoms with Crippen molar-refractivity contribution in [3.63, 3.8) is 0 Å². The lowest BCUT2D eigenvalue weighted by molar-refractivity contribution is 0.0897. The fraction of sp³-hybridized carbons (Fsp3) is 0.438. The smallest absolute Gasteiger partial charge is 0.168 e. The number of aryl methyl sites for hydroxylation is 2. The van der Waals surface area contributed by atoms with Crippen molar-refractivity contribution in [2.75, 3.05) is 13.1 Å². The highest BCUT2D eigenvalue weighted by atomic mass is 16.1. The van der Waals surface area contributed by atoms with Crippen molar-refractivity contribution >= 4 is 16.7 Å². The number of aromatic nitrogens is 1. The molecule has 3 rings (SSSR count). The summed E-state index contributed by atoms with van der Waals surface area (Å²) >= 11 is 0. The highest BCUT2D eigenvalue weighted by Gasteiger charge is 2.25. The number of Topliss-reactive ketones (excluding diaryl/α,β-unsaturated/α-hetero) is 1. The molecular formula is C16H20N2O. The number of H-pyrrole nitrogens is 1. The van der Waals surface area contributed by atoms with Crippen LogP contribution < -0.4 is 5.32 Å². The first kappa shape index (κ1) is 12.4. The molecule has 1 fully saturated rings. The number of aromatic amines is 1. The number of benzene rings is 1. The van der Waals surface area contributed by atoms with Crippen LogP contribution >= 0.6 is 0 Å². The lowest BCUT2D eigenvalue weighted by Crippen LogP contribution is -2.31. The summed E-state index contributed by atoms with van der Waals surface area (Å²) < 4.78 is 0. The summed E-state index contributed by atoms with van der Waals surface area (Å²) in [5.74, 6) is 0.488. The Morgan fingerprint density at radius 3 is 2.58 bits per heavy atom. The topological polar surface area (TPSA) is 44.9 Å². The molecule has 0 atom stereocenters. The van der Waals surface area contributed by atoms with Gasteiger partial charge >= 0.3 is 0 Å². The van der Waals surface area contributed by atoms with Crippen LogP contribution in [0.25, 0.3) is 10.9 Å². The molecule has 0 aliphatic carbocycles. The van der Waals surface area contributed by atoms with Gasteiger partial charge in [-0.05, 0) is 50.9 Å². The van der Waals surface area contributed by atoms with Crippen LogP contribution in [0, 0.1) is 19.8 Å². The maximum absolute atomic E-state index is 12.7. The summed E-state index contributed by atoms with van der Waals surface area (Å²) in [5, 5.41) is 4.43. The summed E-state index contributed by atoms with van der Waals surface area (Å²) in [6.45, 7) is 6.07. The second-order valence-corrected chi connectivity index (χ2v) is 5.54. The van der Waals surface area contributed by atoms with E-state index in [9.17, 15) is 4.79 Å². The molecule has 1 saturated heterocycles. The molecule has 2 heterocycles. The van der Waals surface area contributed by atoms with Crippen molar-refractivity contribution in [3.05, 3.63) is 35.0 Å². The first-order valence-electron chi connectivity index (χ1n) is 7.00. The quantitative estimate of drug-likeness (QED) is 0.811. The Morgan fingerprint density at radius 1 is 1.16 bits per heavy atom. The maximum atomic E-state index is 12.7. The Balaban J connectivity index is 2.05. The van der Waals surface area contributed by atoms with Crippen LogP contribution in [0.4, 0.5) is 0 Å². The van der Waals surface area contributed by atoms with Crippen LogP contribution in [0.15, 0.2) is 18.3 Å².